The van der Waals surface area contributed by atoms with Gasteiger partial charge in [0.25, 0.3) is 11.6 Å². The summed E-state index contributed by atoms with van der Waals surface area (Å²) < 4.78 is 0. The molecule has 0 radical (unpaired) electrons. The second-order valence-electron chi connectivity index (χ2n) is 4.49. The Labute approximate surface area is 127 Å². The molecule has 0 heterocycles. The maximum Gasteiger partial charge on any atom is 0.282 e. The molecule has 2 aromatic carbocycles. The predicted molar refractivity (Wildman–Crippen MR) is 83.8 cm³/mol. The van der Waals surface area contributed by atoms with E-state index in [0.29, 0.717) is 12.1 Å². The number of nitro groups is 1. The van der Waals surface area contributed by atoms with E-state index in [-0.39, 0.29) is 11.3 Å². The van der Waals surface area contributed by atoms with Crippen molar-refractivity contribution in [2.75, 3.05) is 0 Å². The zero-order valence-corrected chi connectivity index (χ0v) is 12.0. The van der Waals surface area contributed by atoms with Crippen LogP contribution in [0.5, 0.6) is 0 Å². The van der Waals surface area contributed by atoms with Crippen molar-refractivity contribution < 1.29 is 9.72 Å². The van der Waals surface area contributed by atoms with Gasteiger partial charge in [-0.15, -0.1) is 0 Å². The van der Waals surface area contributed by atoms with Crippen LogP contribution in [0.15, 0.2) is 59.7 Å². The van der Waals surface area contributed by atoms with Gasteiger partial charge < -0.3 is 0 Å². The monoisotopic (exact) mass is 297 g/mol. The summed E-state index contributed by atoms with van der Waals surface area (Å²) >= 11 is 0. The van der Waals surface area contributed by atoms with Crippen LogP contribution in [0.2, 0.25) is 0 Å². The third kappa shape index (κ3) is 3.54. The van der Waals surface area contributed by atoms with Gasteiger partial charge in [-0.2, -0.15) is 5.10 Å². The second-order valence-corrected chi connectivity index (χ2v) is 4.49. The minimum absolute atomic E-state index is 0.0141. The molecule has 0 aromatic heterocycles. The molecular weight excluding hydrogens is 282 g/mol. The standard InChI is InChI=1S/C16H15N3O3/c1-2-14(12-8-4-3-5-9-12)17-18-16(20)13-10-6-7-11-15(13)19(21)22/h3-11H,2H2,1H3,(H,18,20)/b17-14+. The first-order valence-electron chi connectivity index (χ1n) is 6.79. The van der Waals surface area contributed by atoms with Gasteiger partial charge in [-0.1, -0.05) is 49.4 Å². The maximum absolute atomic E-state index is 12.1. The van der Waals surface area contributed by atoms with Crippen molar-refractivity contribution in [1.29, 1.82) is 0 Å². The van der Waals surface area contributed by atoms with Crippen molar-refractivity contribution in [2.24, 2.45) is 5.10 Å². The van der Waals surface area contributed by atoms with E-state index in [1.165, 1.54) is 18.2 Å². The quantitative estimate of drug-likeness (QED) is 0.522. The van der Waals surface area contributed by atoms with Gasteiger partial charge in [-0.05, 0) is 18.1 Å². The Hall–Kier alpha value is -3.02. The molecule has 0 aliphatic rings. The van der Waals surface area contributed by atoms with E-state index in [0.717, 1.165) is 5.56 Å². The van der Waals surface area contributed by atoms with Gasteiger partial charge in [0, 0.05) is 6.07 Å². The van der Waals surface area contributed by atoms with Crippen LogP contribution in [0.1, 0.15) is 29.3 Å². The highest BCUT2D eigenvalue weighted by molar-refractivity contribution is 6.03. The number of nitrogens with zero attached hydrogens (tertiary/aromatic N) is 2. The van der Waals surface area contributed by atoms with Crippen molar-refractivity contribution in [2.45, 2.75) is 13.3 Å². The lowest BCUT2D eigenvalue weighted by Gasteiger charge is -2.05. The van der Waals surface area contributed by atoms with Crippen LogP contribution in [0.25, 0.3) is 0 Å². The van der Waals surface area contributed by atoms with Gasteiger partial charge >= 0.3 is 0 Å². The summed E-state index contributed by atoms with van der Waals surface area (Å²) in [5, 5.41) is 15.0. The third-order valence-electron chi connectivity index (χ3n) is 3.08. The first-order chi connectivity index (χ1) is 10.6. The molecule has 2 rings (SSSR count). The fourth-order valence-electron chi connectivity index (χ4n) is 1.98. The van der Waals surface area contributed by atoms with Gasteiger partial charge in [-0.3, -0.25) is 14.9 Å². The van der Waals surface area contributed by atoms with E-state index in [2.05, 4.69) is 10.5 Å². The SMILES string of the molecule is CC/C(=N\NC(=O)c1ccccc1[N+](=O)[O-])c1ccccc1. The Balaban J connectivity index is 2.22. The molecule has 0 saturated carbocycles. The Kier molecular flexibility index (Phi) is 4.98. The van der Waals surface area contributed by atoms with Crippen molar-refractivity contribution in [1.82, 2.24) is 5.43 Å². The molecule has 2 aromatic rings. The zero-order valence-electron chi connectivity index (χ0n) is 12.0. The molecule has 112 valence electrons. The fraction of sp³-hybridized carbons (Fsp3) is 0.125. The topological polar surface area (TPSA) is 84.6 Å². The van der Waals surface area contributed by atoms with Gasteiger partial charge in [0.15, 0.2) is 0 Å². The average molecular weight is 297 g/mol. The number of rotatable bonds is 5. The lowest BCUT2D eigenvalue weighted by molar-refractivity contribution is -0.385. The molecule has 6 heteroatoms. The number of hydrogen-bond acceptors (Lipinski definition) is 4. The summed E-state index contributed by atoms with van der Waals surface area (Å²) in [5.41, 5.74) is 3.73. The molecule has 1 amide bonds. The van der Waals surface area contributed by atoms with E-state index in [4.69, 9.17) is 0 Å². The lowest BCUT2D eigenvalue weighted by atomic mass is 10.1. The molecule has 0 atom stereocenters. The number of hydrazone groups is 1. The highest BCUT2D eigenvalue weighted by Gasteiger charge is 2.18. The van der Waals surface area contributed by atoms with Gasteiger partial charge in [0.1, 0.15) is 5.56 Å². The van der Waals surface area contributed by atoms with Gasteiger partial charge in [-0.25, -0.2) is 5.43 Å². The average Bonchev–Trinajstić information content (AvgIpc) is 2.56. The summed E-state index contributed by atoms with van der Waals surface area (Å²) in [6, 6.07) is 15.2. The number of para-hydroxylation sites is 1. The zero-order chi connectivity index (χ0) is 15.9. The van der Waals surface area contributed by atoms with Crippen LogP contribution >= 0.6 is 0 Å². The summed E-state index contributed by atoms with van der Waals surface area (Å²) in [7, 11) is 0. The largest absolute Gasteiger partial charge is 0.282 e. The van der Waals surface area contributed by atoms with Crippen LogP contribution in [0.3, 0.4) is 0 Å². The minimum atomic E-state index is -0.603. The van der Waals surface area contributed by atoms with Gasteiger partial charge in [0.05, 0.1) is 10.6 Å². The van der Waals surface area contributed by atoms with Crippen LogP contribution in [0, 0.1) is 10.1 Å². The van der Waals surface area contributed by atoms with Crippen LogP contribution < -0.4 is 5.43 Å². The smallest absolute Gasteiger partial charge is 0.267 e. The molecule has 0 aliphatic heterocycles. The number of nitro benzene ring substituents is 1. The van der Waals surface area contributed by atoms with E-state index in [1.807, 2.05) is 37.3 Å². The maximum atomic E-state index is 12.1. The highest BCUT2D eigenvalue weighted by atomic mass is 16.6. The molecule has 6 nitrogen and oxygen atoms in total. The Morgan fingerprint density at radius 1 is 1.14 bits per heavy atom. The molecule has 0 bridgehead atoms. The second kappa shape index (κ2) is 7.12. The number of benzene rings is 2. The summed E-state index contributed by atoms with van der Waals surface area (Å²) in [6.45, 7) is 1.92. The highest BCUT2D eigenvalue weighted by Crippen LogP contribution is 2.17. The van der Waals surface area contributed by atoms with E-state index in [9.17, 15) is 14.9 Å². The summed E-state index contributed by atoms with van der Waals surface area (Å²) in [4.78, 5) is 22.4. The normalized spacial score (nSPS) is 11.0. The van der Waals surface area contributed by atoms with Crippen molar-refractivity contribution in [3.8, 4) is 0 Å². The Morgan fingerprint density at radius 2 is 1.77 bits per heavy atom. The Bertz CT molecular complexity index is 712. The van der Waals surface area contributed by atoms with Crippen LogP contribution in [-0.4, -0.2) is 16.5 Å². The number of amides is 1. The van der Waals surface area contributed by atoms with Gasteiger partial charge in [0.2, 0.25) is 0 Å². The lowest BCUT2D eigenvalue weighted by Crippen LogP contribution is -2.21. The third-order valence-corrected chi connectivity index (χ3v) is 3.08. The van der Waals surface area contributed by atoms with Crippen molar-refractivity contribution in [3.05, 3.63) is 75.8 Å². The van der Waals surface area contributed by atoms with E-state index in [1.54, 1.807) is 6.07 Å². The van der Waals surface area contributed by atoms with Crippen molar-refractivity contribution in [3.63, 3.8) is 0 Å². The van der Waals surface area contributed by atoms with E-state index >= 15 is 0 Å². The van der Waals surface area contributed by atoms with Crippen molar-refractivity contribution >= 4 is 17.3 Å². The first kappa shape index (κ1) is 15.4. The van der Waals surface area contributed by atoms with Crippen LogP contribution in [-0.2, 0) is 0 Å². The molecule has 0 saturated heterocycles. The van der Waals surface area contributed by atoms with E-state index < -0.39 is 10.8 Å². The summed E-state index contributed by atoms with van der Waals surface area (Å²) in [6.07, 6.45) is 0.626. The summed E-state index contributed by atoms with van der Waals surface area (Å²) in [5.74, 6) is -0.603. The minimum Gasteiger partial charge on any atom is -0.267 e. The Morgan fingerprint density at radius 3 is 2.41 bits per heavy atom. The van der Waals surface area contributed by atoms with Crippen LogP contribution in [0.4, 0.5) is 5.69 Å². The molecule has 0 unspecified atom stereocenters. The number of carbonyl (C=O) groups is 1. The number of nitrogens with one attached hydrogen (secondary N) is 1. The molecule has 22 heavy (non-hydrogen) atoms. The molecule has 1 N–H and O–H groups in total. The molecule has 0 spiro atoms. The molecule has 0 fully saturated rings. The molecular formula is C16H15N3O3. The number of hydrogen-bond donors (Lipinski definition) is 1. The fourth-order valence-corrected chi connectivity index (χ4v) is 1.98. The molecule has 0 aliphatic carbocycles. The number of carbonyl (C=O) groups excluding carboxylic acids is 1. The predicted octanol–water partition coefficient (Wildman–Crippen LogP) is 3.14. The first-order valence-corrected chi connectivity index (χ1v) is 6.79.